The lowest BCUT2D eigenvalue weighted by atomic mass is 9.91. The van der Waals surface area contributed by atoms with Gasteiger partial charge in [-0.05, 0) is 37.4 Å². The molecule has 0 heterocycles. The third-order valence-corrected chi connectivity index (χ3v) is 4.84. The van der Waals surface area contributed by atoms with Crippen LogP contribution in [0.3, 0.4) is 0 Å². The lowest BCUT2D eigenvalue weighted by molar-refractivity contribution is 0.120. The van der Waals surface area contributed by atoms with E-state index in [9.17, 15) is 0 Å². The standard InChI is InChI=1S/C14H19Br2N/c15-9-4-10-17(13-6-3-7-13)11-12-5-1-2-8-14(12)16/h1-2,5,8,13H,3-4,6-7,9-11H2. The minimum atomic E-state index is 0.821. The van der Waals surface area contributed by atoms with Gasteiger partial charge in [0.15, 0.2) is 0 Å². The van der Waals surface area contributed by atoms with Gasteiger partial charge >= 0.3 is 0 Å². The van der Waals surface area contributed by atoms with E-state index in [1.807, 2.05) is 0 Å². The first-order chi connectivity index (χ1) is 8.31. The summed E-state index contributed by atoms with van der Waals surface area (Å²) in [6, 6.07) is 9.40. The molecule has 1 aliphatic rings. The zero-order valence-electron chi connectivity index (χ0n) is 10.0. The Hall–Kier alpha value is 0.140. The van der Waals surface area contributed by atoms with Crippen LogP contribution >= 0.6 is 31.9 Å². The average Bonchev–Trinajstić information content (AvgIpc) is 2.26. The van der Waals surface area contributed by atoms with Crippen molar-refractivity contribution in [1.29, 1.82) is 0 Å². The van der Waals surface area contributed by atoms with Crippen molar-refractivity contribution in [2.75, 3.05) is 11.9 Å². The number of hydrogen-bond donors (Lipinski definition) is 0. The van der Waals surface area contributed by atoms with Crippen molar-refractivity contribution in [1.82, 2.24) is 4.90 Å². The summed E-state index contributed by atoms with van der Waals surface area (Å²) in [5, 5.41) is 1.10. The Balaban J connectivity index is 1.98. The molecule has 1 nitrogen and oxygen atoms in total. The van der Waals surface area contributed by atoms with E-state index in [0.717, 1.165) is 17.9 Å². The van der Waals surface area contributed by atoms with Crippen LogP contribution in [0.4, 0.5) is 0 Å². The van der Waals surface area contributed by atoms with Crippen molar-refractivity contribution in [2.45, 2.75) is 38.3 Å². The summed E-state index contributed by atoms with van der Waals surface area (Å²) in [7, 11) is 0. The molecule has 1 fully saturated rings. The first-order valence-corrected chi connectivity index (χ1v) is 8.26. The highest BCUT2D eigenvalue weighted by atomic mass is 79.9. The van der Waals surface area contributed by atoms with Crippen LogP contribution in [-0.2, 0) is 6.54 Å². The number of rotatable bonds is 6. The largest absolute Gasteiger partial charge is 0.296 e. The van der Waals surface area contributed by atoms with Crippen molar-refractivity contribution in [3.05, 3.63) is 34.3 Å². The molecule has 2 rings (SSSR count). The Morgan fingerprint density at radius 1 is 1.24 bits per heavy atom. The Morgan fingerprint density at radius 2 is 2.00 bits per heavy atom. The van der Waals surface area contributed by atoms with Gasteiger partial charge in [0.25, 0.3) is 0 Å². The second-order valence-electron chi connectivity index (χ2n) is 4.69. The van der Waals surface area contributed by atoms with Gasteiger partial charge in [-0.1, -0.05) is 56.5 Å². The second kappa shape index (κ2) is 6.91. The van der Waals surface area contributed by atoms with Gasteiger partial charge in [0.05, 0.1) is 0 Å². The van der Waals surface area contributed by atoms with Gasteiger partial charge in [-0.2, -0.15) is 0 Å². The summed E-state index contributed by atoms with van der Waals surface area (Å²) in [5.74, 6) is 0. The number of halogens is 2. The van der Waals surface area contributed by atoms with E-state index < -0.39 is 0 Å². The van der Waals surface area contributed by atoms with Gasteiger partial charge in [0, 0.05) is 22.4 Å². The average molecular weight is 361 g/mol. The molecule has 1 aromatic carbocycles. The van der Waals surface area contributed by atoms with Gasteiger partial charge < -0.3 is 0 Å². The molecule has 0 saturated heterocycles. The fraction of sp³-hybridized carbons (Fsp3) is 0.571. The van der Waals surface area contributed by atoms with Crippen LogP contribution < -0.4 is 0 Å². The normalized spacial score (nSPS) is 16.2. The smallest absolute Gasteiger partial charge is 0.0247 e. The van der Waals surface area contributed by atoms with E-state index in [2.05, 4.69) is 61.0 Å². The number of hydrogen-bond acceptors (Lipinski definition) is 1. The van der Waals surface area contributed by atoms with Crippen LogP contribution in [0, 0.1) is 0 Å². The quantitative estimate of drug-likeness (QED) is 0.670. The highest BCUT2D eigenvalue weighted by Crippen LogP contribution is 2.28. The van der Waals surface area contributed by atoms with E-state index in [0.29, 0.717) is 0 Å². The zero-order chi connectivity index (χ0) is 12.1. The molecule has 94 valence electrons. The van der Waals surface area contributed by atoms with Gasteiger partial charge in [0.1, 0.15) is 0 Å². The Morgan fingerprint density at radius 3 is 2.59 bits per heavy atom. The Labute approximate surface area is 121 Å². The highest BCUT2D eigenvalue weighted by Gasteiger charge is 2.24. The van der Waals surface area contributed by atoms with Gasteiger partial charge in [0.2, 0.25) is 0 Å². The molecule has 1 aromatic rings. The van der Waals surface area contributed by atoms with Gasteiger partial charge in [-0.25, -0.2) is 0 Å². The van der Waals surface area contributed by atoms with Crippen molar-refractivity contribution in [3.8, 4) is 0 Å². The van der Waals surface area contributed by atoms with Crippen LogP contribution in [0.5, 0.6) is 0 Å². The molecule has 0 aliphatic heterocycles. The third kappa shape index (κ3) is 3.80. The van der Waals surface area contributed by atoms with Crippen molar-refractivity contribution in [3.63, 3.8) is 0 Å². The third-order valence-electron chi connectivity index (χ3n) is 3.50. The van der Waals surface area contributed by atoms with Crippen LogP contribution in [0.15, 0.2) is 28.7 Å². The molecule has 0 N–H and O–H groups in total. The van der Waals surface area contributed by atoms with E-state index >= 15 is 0 Å². The van der Waals surface area contributed by atoms with Crippen molar-refractivity contribution in [2.24, 2.45) is 0 Å². The minimum Gasteiger partial charge on any atom is -0.296 e. The lowest BCUT2D eigenvalue weighted by Crippen LogP contribution is -2.40. The Kier molecular flexibility index (Phi) is 5.51. The fourth-order valence-corrected chi connectivity index (χ4v) is 2.91. The van der Waals surface area contributed by atoms with E-state index in [1.165, 1.54) is 42.3 Å². The van der Waals surface area contributed by atoms with Gasteiger partial charge in [-0.3, -0.25) is 4.90 Å². The van der Waals surface area contributed by atoms with E-state index in [4.69, 9.17) is 0 Å². The summed E-state index contributed by atoms with van der Waals surface area (Å²) in [6.45, 7) is 2.29. The lowest BCUT2D eigenvalue weighted by Gasteiger charge is -2.37. The first kappa shape index (κ1) is 13.6. The van der Waals surface area contributed by atoms with Crippen LogP contribution in [-0.4, -0.2) is 22.8 Å². The molecule has 0 aromatic heterocycles. The first-order valence-electron chi connectivity index (χ1n) is 6.34. The molecular formula is C14H19Br2N. The molecule has 1 saturated carbocycles. The van der Waals surface area contributed by atoms with Gasteiger partial charge in [-0.15, -0.1) is 0 Å². The van der Waals surface area contributed by atoms with Crippen molar-refractivity contribution < 1.29 is 0 Å². The number of benzene rings is 1. The minimum absolute atomic E-state index is 0.821. The highest BCUT2D eigenvalue weighted by molar-refractivity contribution is 9.10. The van der Waals surface area contributed by atoms with Crippen LogP contribution in [0.2, 0.25) is 0 Å². The molecule has 0 bridgehead atoms. The maximum absolute atomic E-state index is 3.65. The monoisotopic (exact) mass is 359 g/mol. The molecular weight excluding hydrogens is 342 g/mol. The van der Waals surface area contributed by atoms with Crippen LogP contribution in [0.1, 0.15) is 31.2 Å². The predicted octanol–water partition coefficient (Wildman–Crippen LogP) is 4.59. The topological polar surface area (TPSA) is 3.24 Å². The molecule has 0 amide bonds. The summed E-state index contributed by atoms with van der Waals surface area (Å²) < 4.78 is 1.24. The molecule has 1 aliphatic carbocycles. The molecule has 0 radical (unpaired) electrons. The van der Waals surface area contributed by atoms with Crippen LogP contribution in [0.25, 0.3) is 0 Å². The molecule has 0 spiro atoms. The predicted molar refractivity (Wildman–Crippen MR) is 80.6 cm³/mol. The zero-order valence-corrected chi connectivity index (χ0v) is 13.2. The number of alkyl halides is 1. The Bertz CT molecular complexity index is 350. The van der Waals surface area contributed by atoms with E-state index in [-0.39, 0.29) is 0 Å². The number of nitrogens with zero attached hydrogens (tertiary/aromatic N) is 1. The van der Waals surface area contributed by atoms with Crippen molar-refractivity contribution >= 4 is 31.9 Å². The molecule has 17 heavy (non-hydrogen) atoms. The molecule has 3 heteroatoms. The summed E-state index contributed by atoms with van der Waals surface area (Å²) >= 11 is 7.18. The van der Waals surface area contributed by atoms with E-state index in [1.54, 1.807) is 0 Å². The maximum atomic E-state index is 3.65. The fourth-order valence-electron chi connectivity index (χ4n) is 2.25. The summed E-state index contributed by atoms with van der Waals surface area (Å²) in [6.07, 6.45) is 5.41. The molecule has 0 unspecified atom stereocenters. The maximum Gasteiger partial charge on any atom is 0.0247 e. The molecule has 0 atom stereocenters. The summed E-state index contributed by atoms with van der Waals surface area (Å²) in [5.41, 5.74) is 1.41. The SMILES string of the molecule is BrCCCN(Cc1ccccc1Br)C1CCC1. The second-order valence-corrected chi connectivity index (χ2v) is 6.34. The summed E-state index contributed by atoms with van der Waals surface area (Å²) in [4.78, 5) is 2.64.